The van der Waals surface area contributed by atoms with Crippen molar-refractivity contribution in [1.82, 2.24) is 24.4 Å². The lowest BCUT2D eigenvalue weighted by Gasteiger charge is -2.50. The van der Waals surface area contributed by atoms with Gasteiger partial charge in [0.05, 0.1) is 34.8 Å². The Bertz CT molecular complexity index is 1010. The van der Waals surface area contributed by atoms with Crippen LogP contribution in [-0.4, -0.2) is 43.2 Å². The van der Waals surface area contributed by atoms with Gasteiger partial charge in [-0.05, 0) is 50.7 Å². The molecule has 1 aromatic carbocycles. The second-order valence-corrected chi connectivity index (χ2v) is 8.38. The van der Waals surface area contributed by atoms with E-state index in [4.69, 9.17) is 0 Å². The number of piperidine rings is 1. The molecule has 0 spiro atoms. The quantitative estimate of drug-likeness (QED) is 0.710. The van der Waals surface area contributed by atoms with Gasteiger partial charge in [-0.3, -0.25) is 9.47 Å². The Labute approximate surface area is 170 Å². The van der Waals surface area contributed by atoms with E-state index < -0.39 is 0 Å². The van der Waals surface area contributed by atoms with Crippen LogP contribution < -0.4 is 11.0 Å². The van der Waals surface area contributed by atoms with Crippen LogP contribution in [0.2, 0.25) is 0 Å². The zero-order valence-corrected chi connectivity index (χ0v) is 16.7. The Hall–Kier alpha value is -2.67. The molecule has 0 radical (unpaired) electrons. The second kappa shape index (κ2) is 7.63. The first-order valence-corrected chi connectivity index (χ1v) is 10.7. The van der Waals surface area contributed by atoms with Crippen LogP contribution in [0.4, 0.5) is 5.69 Å². The number of fused-ring (bicyclic) bond motifs is 1. The second-order valence-electron chi connectivity index (χ2n) is 8.38. The molecule has 152 valence electrons. The average molecular weight is 393 g/mol. The smallest absolute Gasteiger partial charge is 0.326 e. The summed E-state index contributed by atoms with van der Waals surface area (Å²) in [6, 6.07) is 8.24. The zero-order chi connectivity index (χ0) is 19.7. The molecule has 3 aromatic rings. The van der Waals surface area contributed by atoms with Crippen LogP contribution in [0.15, 0.2) is 47.8 Å². The molecule has 7 heteroatoms. The Morgan fingerprint density at radius 2 is 1.76 bits per heavy atom. The van der Waals surface area contributed by atoms with Crippen molar-refractivity contribution >= 4 is 16.7 Å². The van der Waals surface area contributed by atoms with Crippen molar-refractivity contribution in [2.24, 2.45) is 0 Å². The molecule has 1 saturated carbocycles. The summed E-state index contributed by atoms with van der Waals surface area (Å²) in [6.07, 6.45) is 13.3. The van der Waals surface area contributed by atoms with E-state index in [0.29, 0.717) is 0 Å². The van der Waals surface area contributed by atoms with Gasteiger partial charge in [-0.15, -0.1) is 0 Å². The summed E-state index contributed by atoms with van der Waals surface area (Å²) in [4.78, 5) is 26.6. The molecule has 0 atom stereocenters. The minimum Gasteiger partial charge on any atom is -0.365 e. The molecule has 29 heavy (non-hydrogen) atoms. The number of aromatic nitrogens is 4. The number of rotatable bonds is 4. The van der Waals surface area contributed by atoms with Crippen molar-refractivity contribution in [3.8, 4) is 0 Å². The first kappa shape index (κ1) is 18.4. The number of imidazole rings is 1. The molecule has 2 fully saturated rings. The van der Waals surface area contributed by atoms with Crippen LogP contribution in [0.1, 0.15) is 51.0 Å². The molecule has 7 nitrogen and oxygen atoms in total. The molecular weight excluding hydrogens is 364 g/mol. The highest BCUT2D eigenvalue weighted by molar-refractivity contribution is 5.75. The molecule has 1 aliphatic carbocycles. The SMILES string of the molecule is O=c1[nH]c2ccccc2n1C1CCN(C2(Nc3cncnc3)CCCCC2)CC1. The summed E-state index contributed by atoms with van der Waals surface area (Å²) in [5.74, 6) is 0. The van der Waals surface area contributed by atoms with E-state index in [1.807, 2.05) is 41.2 Å². The number of aromatic amines is 1. The van der Waals surface area contributed by atoms with E-state index in [0.717, 1.165) is 55.5 Å². The van der Waals surface area contributed by atoms with E-state index in [9.17, 15) is 4.79 Å². The van der Waals surface area contributed by atoms with Crippen LogP contribution in [0, 0.1) is 0 Å². The number of nitrogens with one attached hydrogen (secondary N) is 2. The monoisotopic (exact) mass is 392 g/mol. The molecule has 0 amide bonds. The number of hydrogen-bond acceptors (Lipinski definition) is 5. The maximum absolute atomic E-state index is 12.6. The van der Waals surface area contributed by atoms with Crippen LogP contribution in [0.3, 0.4) is 0 Å². The Kier molecular flexibility index (Phi) is 4.83. The van der Waals surface area contributed by atoms with Crippen molar-refractivity contribution < 1.29 is 0 Å². The van der Waals surface area contributed by atoms with Gasteiger partial charge >= 0.3 is 5.69 Å². The lowest BCUT2D eigenvalue weighted by atomic mass is 9.85. The van der Waals surface area contributed by atoms with E-state index in [2.05, 4.69) is 25.2 Å². The van der Waals surface area contributed by atoms with Crippen molar-refractivity contribution in [1.29, 1.82) is 0 Å². The first-order chi connectivity index (χ1) is 14.3. The summed E-state index contributed by atoms with van der Waals surface area (Å²) < 4.78 is 1.97. The molecule has 0 bridgehead atoms. The minimum atomic E-state index is -0.0287. The summed E-state index contributed by atoms with van der Waals surface area (Å²) in [5.41, 5.74) is 2.91. The Morgan fingerprint density at radius 1 is 1.03 bits per heavy atom. The number of para-hydroxylation sites is 2. The highest BCUT2D eigenvalue weighted by Gasteiger charge is 2.40. The Balaban J connectivity index is 1.36. The largest absolute Gasteiger partial charge is 0.365 e. The van der Waals surface area contributed by atoms with Crippen molar-refractivity contribution in [2.45, 2.75) is 56.7 Å². The van der Waals surface area contributed by atoms with Gasteiger partial charge in [0.25, 0.3) is 0 Å². The zero-order valence-electron chi connectivity index (χ0n) is 16.7. The van der Waals surface area contributed by atoms with E-state index >= 15 is 0 Å². The number of hydrogen-bond donors (Lipinski definition) is 2. The van der Waals surface area contributed by atoms with Gasteiger partial charge in [-0.1, -0.05) is 18.6 Å². The first-order valence-electron chi connectivity index (χ1n) is 10.7. The highest BCUT2D eigenvalue weighted by atomic mass is 16.1. The van der Waals surface area contributed by atoms with Gasteiger partial charge in [0.1, 0.15) is 6.33 Å². The number of H-pyrrole nitrogens is 1. The molecule has 3 heterocycles. The third-order valence-electron chi connectivity index (χ3n) is 6.68. The van der Waals surface area contributed by atoms with Gasteiger partial charge in [0, 0.05) is 19.1 Å². The maximum Gasteiger partial charge on any atom is 0.326 e. The number of likely N-dealkylation sites (tertiary alicyclic amines) is 1. The van der Waals surface area contributed by atoms with Gasteiger partial charge < -0.3 is 10.3 Å². The third kappa shape index (κ3) is 3.44. The molecule has 1 aliphatic heterocycles. The van der Waals surface area contributed by atoms with Gasteiger partial charge in [-0.25, -0.2) is 14.8 Å². The number of benzene rings is 1. The third-order valence-corrected chi connectivity index (χ3v) is 6.68. The maximum atomic E-state index is 12.6. The standard InChI is InChI=1S/C22H28N6O/c29-21-25-19-6-2-3-7-20(19)28(21)18-8-12-27(13-9-18)22(10-4-1-5-11-22)26-17-14-23-16-24-15-17/h2-3,6-7,14-16,18,26H,1,4-5,8-13H2,(H,25,29). The van der Waals surface area contributed by atoms with Crippen molar-refractivity contribution in [3.63, 3.8) is 0 Å². The summed E-state index contributed by atoms with van der Waals surface area (Å²) >= 11 is 0. The fourth-order valence-corrected chi connectivity index (χ4v) is 5.28. The van der Waals surface area contributed by atoms with Gasteiger partial charge in [0.2, 0.25) is 0 Å². The lowest BCUT2D eigenvalue weighted by Crippen LogP contribution is -2.58. The fraction of sp³-hybridized carbons (Fsp3) is 0.500. The van der Waals surface area contributed by atoms with Crippen molar-refractivity contribution in [3.05, 3.63) is 53.5 Å². The molecule has 2 N–H and O–H groups in total. The Morgan fingerprint density at radius 3 is 2.52 bits per heavy atom. The number of nitrogens with zero attached hydrogens (tertiary/aromatic N) is 4. The van der Waals surface area contributed by atoms with Crippen LogP contribution in [-0.2, 0) is 0 Å². The van der Waals surface area contributed by atoms with Crippen LogP contribution >= 0.6 is 0 Å². The van der Waals surface area contributed by atoms with Crippen LogP contribution in [0.5, 0.6) is 0 Å². The van der Waals surface area contributed by atoms with E-state index in [1.165, 1.54) is 19.3 Å². The highest BCUT2D eigenvalue weighted by Crippen LogP contribution is 2.38. The van der Waals surface area contributed by atoms with E-state index in [1.54, 1.807) is 6.33 Å². The minimum absolute atomic E-state index is 0.0107. The predicted molar refractivity (Wildman–Crippen MR) is 114 cm³/mol. The summed E-state index contributed by atoms with van der Waals surface area (Å²) in [6.45, 7) is 1.97. The molecule has 5 rings (SSSR count). The molecular formula is C22H28N6O. The van der Waals surface area contributed by atoms with E-state index in [-0.39, 0.29) is 17.4 Å². The molecule has 1 saturated heterocycles. The lowest BCUT2D eigenvalue weighted by molar-refractivity contribution is 0.0427. The molecule has 0 unspecified atom stereocenters. The predicted octanol–water partition coefficient (Wildman–Crippen LogP) is 3.53. The van der Waals surface area contributed by atoms with Crippen molar-refractivity contribution in [2.75, 3.05) is 18.4 Å². The average Bonchev–Trinajstić information content (AvgIpc) is 3.11. The molecule has 2 aromatic heterocycles. The fourth-order valence-electron chi connectivity index (χ4n) is 5.28. The normalized spacial score (nSPS) is 20.7. The summed E-state index contributed by atoms with van der Waals surface area (Å²) in [7, 11) is 0. The molecule has 2 aliphatic rings. The van der Waals surface area contributed by atoms with Gasteiger partial charge in [-0.2, -0.15) is 0 Å². The van der Waals surface area contributed by atoms with Crippen LogP contribution in [0.25, 0.3) is 11.0 Å². The number of anilines is 1. The topological polar surface area (TPSA) is 78.8 Å². The van der Waals surface area contributed by atoms with Gasteiger partial charge in [0.15, 0.2) is 0 Å². The summed E-state index contributed by atoms with van der Waals surface area (Å²) in [5, 5.41) is 3.78.